The van der Waals surface area contributed by atoms with Crippen LogP contribution < -0.4 is 5.32 Å². The minimum absolute atomic E-state index is 0.0166. The standard InChI is InChI=1S/C11H12FN5O/c1-6(2)9-15-10(17-16-9)11(18)14-8-3-7(12)4-13-5-8/h3-6H,1-2H3,(H,14,18)(H,15,16,17). The number of aromatic nitrogens is 4. The molecule has 0 aliphatic carbocycles. The van der Waals surface area contributed by atoms with Gasteiger partial charge in [-0.25, -0.2) is 9.37 Å². The van der Waals surface area contributed by atoms with Gasteiger partial charge in [0.2, 0.25) is 5.82 Å². The Labute approximate surface area is 103 Å². The largest absolute Gasteiger partial charge is 0.318 e. The van der Waals surface area contributed by atoms with Crippen molar-refractivity contribution >= 4 is 11.6 Å². The number of nitrogens with one attached hydrogen (secondary N) is 2. The first-order valence-electron chi connectivity index (χ1n) is 5.40. The highest BCUT2D eigenvalue weighted by atomic mass is 19.1. The number of amides is 1. The topological polar surface area (TPSA) is 83.6 Å². The lowest BCUT2D eigenvalue weighted by atomic mass is 10.2. The molecule has 0 unspecified atom stereocenters. The van der Waals surface area contributed by atoms with Crippen molar-refractivity contribution < 1.29 is 9.18 Å². The van der Waals surface area contributed by atoms with Gasteiger partial charge in [-0.2, -0.15) is 0 Å². The van der Waals surface area contributed by atoms with Gasteiger partial charge in [0.25, 0.3) is 5.91 Å². The molecule has 0 spiro atoms. The second kappa shape index (κ2) is 4.91. The lowest BCUT2D eigenvalue weighted by molar-refractivity contribution is 0.101. The van der Waals surface area contributed by atoms with Crippen LogP contribution in [0.4, 0.5) is 10.1 Å². The number of nitrogens with zero attached hydrogens (tertiary/aromatic N) is 3. The van der Waals surface area contributed by atoms with Gasteiger partial charge in [-0.1, -0.05) is 13.8 Å². The van der Waals surface area contributed by atoms with Gasteiger partial charge >= 0.3 is 0 Å². The van der Waals surface area contributed by atoms with E-state index in [1.165, 1.54) is 12.3 Å². The molecule has 0 aliphatic rings. The van der Waals surface area contributed by atoms with E-state index in [0.29, 0.717) is 5.82 Å². The van der Waals surface area contributed by atoms with Crippen LogP contribution in [0, 0.1) is 5.82 Å². The zero-order valence-electron chi connectivity index (χ0n) is 9.94. The molecule has 0 fully saturated rings. The maximum atomic E-state index is 12.9. The molecule has 0 atom stereocenters. The molecule has 94 valence electrons. The molecular weight excluding hydrogens is 237 g/mol. The van der Waals surface area contributed by atoms with Gasteiger partial charge in [-0.05, 0) is 0 Å². The Balaban J connectivity index is 2.12. The Morgan fingerprint density at radius 1 is 1.44 bits per heavy atom. The summed E-state index contributed by atoms with van der Waals surface area (Å²) in [5.41, 5.74) is 0.260. The third kappa shape index (κ3) is 2.68. The average Bonchev–Trinajstić information content (AvgIpc) is 2.78. The van der Waals surface area contributed by atoms with E-state index in [4.69, 9.17) is 0 Å². The van der Waals surface area contributed by atoms with E-state index in [1.54, 1.807) is 0 Å². The van der Waals surface area contributed by atoms with Crippen LogP contribution in [0.2, 0.25) is 0 Å². The van der Waals surface area contributed by atoms with Crippen molar-refractivity contribution in [2.75, 3.05) is 5.32 Å². The Morgan fingerprint density at radius 3 is 2.83 bits per heavy atom. The van der Waals surface area contributed by atoms with E-state index in [0.717, 1.165) is 6.20 Å². The van der Waals surface area contributed by atoms with Gasteiger partial charge in [0.15, 0.2) is 0 Å². The van der Waals surface area contributed by atoms with Crippen LogP contribution in [0.5, 0.6) is 0 Å². The summed E-state index contributed by atoms with van der Waals surface area (Å²) in [5.74, 6) is -0.244. The number of rotatable bonds is 3. The number of pyridine rings is 1. The Morgan fingerprint density at radius 2 is 2.22 bits per heavy atom. The molecule has 0 aliphatic heterocycles. The smallest absolute Gasteiger partial charge is 0.295 e. The molecule has 0 aromatic carbocycles. The van der Waals surface area contributed by atoms with E-state index in [1.807, 2.05) is 13.8 Å². The second-order valence-corrected chi connectivity index (χ2v) is 4.04. The van der Waals surface area contributed by atoms with Crippen LogP contribution in [0.25, 0.3) is 0 Å². The van der Waals surface area contributed by atoms with E-state index in [9.17, 15) is 9.18 Å². The van der Waals surface area contributed by atoms with Crippen molar-refractivity contribution in [3.8, 4) is 0 Å². The molecule has 0 saturated heterocycles. The number of aromatic amines is 1. The fourth-order valence-electron chi connectivity index (χ4n) is 1.30. The Bertz CT molecular complexity index is 566. The molecule has 0 radical (unpaired) electrons. The predicted molar refractivity (Wildman–Crippen MR) is 62.6 cm³/mol. The molecule has 2 heterocycles. The van der Waals surface area contributed by atoms with Gasteiger partial charge < -0.3 is 5.32 Å². The van der Waals surface area contributed by atoms with Crippen LogP contribution in [0.3, 0.4) is 0 Å². The summed E-state index contributed by atoms with van der Waals surface area (Å²) in [5, 5.41) is 8.93. The van der Waals surface area contributed by atoms with E-state index in [2.05, 4.69) is 25.5 Å². The molecular formula is C11H12FN5O. The molecule has 2 N–H and O–H groups in total. The number of carbonyl (C=O) groups is 1. The number of hydrogen-bond acceptors (Lipinski definition) is 4. The third-order valence-electron chi connectivity index (χ3n) is 2.22. The second-order valence-electron chi connectivity index (χ2n) is 4.04. The van der Waals surface area contributed by atoms with Crippen molar-refractivity contribution in [1.82, 2.24) is 20.2 Å². The summed E-state index contributed by atoms with van der Waals surface area (Å²) in [6, 6.07) is 1.17. The van der Waals surface area contributed by atoms with Crippen LogP contribution in [-0.2, 0) is 0 Å². The summed E-state index contributed by atoms with van der Waals surface area (Å²) in [7, 11) is 0. The van der Waals surface area contributed by atoms with Gasteiger partial charge in [0.05, 0.1) is 18.1 Å². The number of hydrogen-bond donors (Lipinski definition) is 2. The monoisotopic (exact) mass is 249 g/mol. The highest BCUT2D eigenvalue weighted by Gasteiger charge is 2.14. The molecule has 18 heavy (non-hydrogen) atoms. The fraction of sp³-hybridized carbons (Fsp3) is 0.273. The van der Waals surface area contributed by atoms with Gasteiger partial charge in [0.1, 0.15) is 11.6 Å². The average molecular weight is 249 g/mol. The lowest BCUT2D eigenvalue weighted by Crippen LogP contribution is -2.14. The summed E-state index contributed by atoms with van der Waals surface area (Å²) in [6.45, 7) is 3.86. The maximum Gasteiger partial charge on any atom is 0.295 e. The normalized spacial score (nSPS) is 10.7. The van der Waals surface area contributed by atoms with Gasteiger partial charge in [0, 0.05) is 12.0 Å². The van der Waals surface area contributed by atoms with Crippen LogP contribution in [0.15, 0.2) is 18.5 Å². The first kappa shape index (κ1) is 12.2. The molecule has 0 saturated carbocycles. The molecule has 2 aromatic rings. The highest BCUT2D eigenvalue weighted by Crippen LogP contribution is 2.10. The maximum absolute atomic E-state index is 12.9. The minimum Gasteiger partial charge on any atom is -0.318 e. The van der Waals surface area contributed by atoms with Crippen LogP contribution in [-0.4, -0.2) is 26.1 Å². The van der Waals surface area contributed by atoms with Gasteiger partial charge in [-0.15, -0.1) is 5.10 Å². The summed E-state index contributed by atoms with van der Waals surface area (Å²) < 4.78 is 12.9. The molecule has 0 bridgehead atoms. The fourth-order valence-corrected chi connectivity index (χ4v) is 1.30. The zero-order chi connectivity index (χ0) is 13.1. The quantitative estimate of drug-likeness (QED) is 0.867. The first-order chi connectivity index (χ1) is 8.56. The highest BCUT2D eigenvalue weighted by molar-refractivity contribution is 6.01. The summed E-state index contributed by atoms with van der Waals surface area (Å²) >= 11 is 0. The van der Waals surface area contributed by atoms with Crippen molar-refractivity contribution in [2.24, 2.45) is 0 Å². The minimum atomic E-state index is -0.523. The Hall–Kier alpha value is -2.31. The summed E-state index contributed by atoms with van der Waals surface area (Å²) in [4.78, 5) is 19.4. The molecule has 1 amide bonds. The number of carbonyl (C=O) groups excluding carboxylic acids is 1. The first-order valence-corrected chi connectivity index (χ1v) is 5.40. The van der Waals surface area contributed by atoms with Gasteiger partial charge in [-0.3, -0.25) is 14.9 Å². The molecule has 2 aromatic heterocycles. The number of halogens is 1. The van der Waals surface area contributed by atoms with Crippen LogP contribution in [0.1, 0.15) is 36.2 Å². The molecule has 2 rings (SSSR count). The number of anilines is 1. The van der Waals surface area contributed by atoms with Crippen LogP contribution >= 0.6 is 0 Å². The van der Waals surface area contributed by atoms with Crippen molar-refractivity contribution in [2.45, 2.75) is 19.8 Å². The van der Waals surface area contributed by atoms with Crippen molar-refractivity contribution in [3.63, 3.8) is 0 Å². The van der Waals surface area contributed by atoms with Crippen molar-refractivity contribution in [1.29, 1.82) is 0 Å². The SMILES string of the molecule is CC(C)c1nc(C(=O)Nc2cncc(F)c2)n[nH]1. The molecule has 7 heteroatoms. The Kier molecular flexibility index (Phi) is 3.31. The summed E-state index contributed by atoms with van der Waals surface area (Å²) in [6.07, 6.45) is 2.40. The lowest BCUT2D eigenvalue weighted by Gasteiger charge is -2.01. The van der Waals surface area contributed by atoms with Crippen molar-refractivity contribution in [3.05, 3.63) is 35.9 Å². The third-order valence-corrected chi connectivity index (χ3v) is 2.22. The van der Waals surface area contributed by atoms with E-state index >= 15 is 0 Å². The van der Waals surface area contributed by atoms with E-state index in [-0.39, 0.29) is 17.4 Å². The molecule has 6 nitrogen and oxygen atoms in total. The van der Waals surface area contributed by atoms with E-state index < -0.39 is 11.7 Å². The number of H-pyrrole nitrogens is 1. The predicted octanol–water partition coefficient (Wildman–Crippen LogP) is 1.71. The zero-order valence-corrected chi connectivity index (χ0v) is 9.94.